The van der Waals surface area contributed by atoms with Gasteiger partial charge in [0.15, 0.2) is 11.3 Å². The zero-order valence-corrected chi connectivity index (χ0v) is 15.0. The van der Waals surface area contributed by atoms with Crippen LogP contribution in [0.4, 0.5) is 5.95 Å². The molecule has 0 bridgehead atoms. The first kappa shape index (κ1) is 16.7. The fourth-order valence-electron chi connectivity index (χ4n) is 3.13. The number of carbonyl (C=O) groups excluding carboxylic acids is 1. The summed E-state index contributed by atoms with van der Waals surface area (Å²) in [5.74, 6) is 0.385. The summed E-state index contributed by atoms with van der Waals surface area (Å²) in [6, 6.07) is 1.77. The van der Waals surface area contributed by atoms with Crippen LogP contribution in [0, 0.1) is 6.92 Å². The fourth-order valence-corrected chi connectivity index (χ4v) is 3.39. The van der Waals surface area contributed by atoms with Gasteiger partial charge in [-0.2, -0.15) is 5.10 Å². The topological polar surface area (TPSA) is 88.3 Å². The van der Waals surface area contributed by atoms with Gasteiger partial charge in [-0.1, -0.05) is 11.6 Å². The second-order valence-electron chi connectivity index (χ2n) is 6.37. The Hall–Kier alpha value is -2.74. The summed E-state index contributed by atoms with van der Waals surface area (Å²) in [4.78, 5) is 27.6. The normalized spacial score (nSPS) is 17.5. The van der Waals surface area contributed by atoms with Crippen LogP contribution in [0.1, 0.15) is 28.9 Å². The van der Waals surface area contributed by atoms with Gasteiger partial charge in [0.1, 0.15) is 5.02 Å². The van der Waals surface area contributed by atoms with Crippen molar-refractivity contribution in [2.45, 2.75) is 25.8 Å². The molecule has 0 unspecified atom stereocenters. The highest BCUT2D eigenvalue weighted by molar-refractivity contribution is 6.36. The lowest BCUT2D eigenvalue weighted by atomic mass is 10.1. The largest absolute Gasteiger partial charge is 0.346 e. The van der Waals surface area contributed by atoms with Crippen LogP contribution >= 0.6 is 11.6 Å². The molecule has 9 heteroatoms. The van der Waals surface area contributed by atoms with Gasteiger partial charge in [-0.15, -0.1) is 0 Å². The summed E-state index contributed by atoms with van der Waals surface area (Å²) in [6.07, 6.45) is 8.76. The number of piperidine rings is 1. The Morgan fingerprint density at radius 2 is 2.12 bits per heavy atom. The molecule has 0 aliphatic carbocycles. The van der Waals surface area contributed by atoms with Crippen molar-refractivity contribution in [1.82, 2.24) is 29.9 Å². The zero-order valence-electron chi connectivity index (χ0n) is 14.3. The quantitative estimate of drug-likeness (QED) is 0.756. The average Bonchev–Trinajstić information content (AvgIpc) is 2.98. The maximum absolute atomic E-state index is 12.7. The third-order valence-electron chi connectivity index (χ3n) is 4.35. The van der Waals surface area contributed by atoms with E-state index in [-0.39, 0.29) is 22.7 Å². The van der Waals surface area contributed by atoms with Gasteiger partial charge in [-0.25, -0.2) is 19.5 Å². The molecule has 0 aromatic carbocycles. The van der Waals surface area contributed by atoms with Crippen molar-refractivity contribution in [2.24, 2.45) is 0 Å². The minimum absolute atomic E-state index is 0.0179. The molecule has 1 N–H and O–H groups in total. The average molecular weight is 372 g/mol. The van der Waals surface area contributed by atoms with Gasteiger partial charge >= 0.3 is 0 Å². The third-order valence-corrected chi connectivity index (χ3v) is 4.70. The minimum Gasteiger partial charge on any atom is -0.346 e. The van der Waals surface area contributed by atoms with E-state index in [4.69, 9.17) is 11.6 Å². The molecule has 1 saturated heterocycles. The number of nitrogens with zero attached hydrogens (tertiary/aromatic N) is 6. The van der Waals surface area contributed by atoms with Crippen LogP contribution in [0.25, 0.3) is 5.65 Å². The van der Waals surface area contributed by atoms with Crippen molar-refractivity contribution in [3.63, 3.8) is 0 Å². The number of fused-ring (bicyclic) bond motifs is 1. The van der Waals surface area contributed by atoms with Crippen molar-refractivity contribution in [1.29, 1.82) is 0 Å². The van der Waals surface area contributed by atoms with Gasteiger partial charge in [0.05, 0.1) is 0 Å². The second kappa shape index (κ2) is 6.87. The second-order valence-corrected chi connectivity index (χ2v) is 6.75. The predicted molar refractivity (Wildman–Crippen MR) is 97.5 cm³/mol. The van der Waals surface area contributed by atoms with Crippen molar-refractivity contribution < 1.29 is 4.79 Å². The van der Waals surface area contributed by atoms with Crippen molar-refractivity contribution in [3.8, 4) is 0 Å². The Morgan fingerprint density at radius 3 is 2.92 bits per heavy atom. The van der Waals surface area contributed by atoms with Crippen molar-refractivity contribution in [3.05, 3.63) is 47.1 Å². The van der Waals surface area contributed by atoms with Gasteiger partial charge < -0.3 is 10.2 Å². The summed E-state index contributed by atoms with van der Waals surface area (Å²) in [7, 11) is 0. The third kappa shape index (κ3) is 3.20. The first-order valence-corrected chi connectivity index (χ1v) is 8.83. The first-order valence-electron chi connectivity index (χ1n) is 8.45. The number of aryl methyl sites for hydroxylation is 1. The van der Waals surface area contributed by atoms with Crippen LogP contribution in [0.3, 0.4) is 0 Å². The van der Waals surface area contributed by atoms with E-state index in [9.17, 15) is 4.79 Å². The lowest BCUT2D eigenvalue weighted by molar-refractivity contribution is 0.0928. The molecule has 0 radical (unpaired) electrons. The van der Waals surface area contributed by atoms with E-state index in [1.54, 1.807) is 30.9 Å². The summed E-state index contributed by atoms with van der Waals surface area (Å²) in [5, 5.41) is 7.58. The SMILES string of the molecule is Cc1cnc2c(Cl)c(C(=O)N[C@@H]3CCCN(c4ncccn4)C3)nn2c1. The standard InChI is InChI=1S/C17H18ClN7O/c1-11-8-21-15-13(18)14(23-25(15)9-11)16(26)22-12-4-2-7-24(10-12)17-19-5-3-6-20-17/h3,5-6,8-9,12H,2,4,7,10H2,1H3,(H,22,26)/t12-/m1/s1. The van der Waals surface area contributed by atoms with Gasteiger partial charge in [0, 0.05) is 43.9 Å². The number of anilines is 1. The van der Waals surface area contributed by atoms with Crippen LogP contribution in [-0.2, 0) is 0 Å². The molecule has 0 spiro atoms. The molecule has 1 atom stereocenters. The number of halogens is 1. The van der Waals surface area contributed by atoms with Gasteiger partial charge in [-0.3, -0.25) is 4.79 Å². The summed E-state index contributed by atoms with van der Waals surface area (Å²) < 4.78 is 1.54. The molecular formula is C17H18ClN7O. The highest BCUT2D eigenvalue weighted by Gasteiger charge is 2.26. The summed E-state index contributed by atoms with van der Waals surface area (Å²) >= 11 is 6.31. The Kier molecular flexibility index (Phi) is 4.42. The summed E-state index contributed by atoms with van der Waals surface area (Å²) in [6.45, 7) is 3.43. The predicted octanol–water partition coefficient (Wildman–Crippen LogP) is 1.88. The Balaban J connectivity index is 1.50. The highest BCUT2D eigenvalue weighted by Crippen LogP contribution is 2.21. The molecular weight excluding hydrogens is 354 g/mol. The zero-order chi connectivity index (χ0) is 18.1. The molecule has 1 aliphatic rings. The number of rotatable bonds is 3. The van der Waals surface area contributed by atoms with Gasteiger partial charge in [-0.05, 0) is 31.4 Å². The maximum atomic E-state index is 12.7. The molecule has 3 aromatic heterocycles. The van der Waals surface area contributed by atoms with Crippen LogP contribution < -0.4 is 10.2 Å². The molecule has 26 heavy (non-hydrogen) atoms. The molecule has 8 nitrogen and oxygen atoms in total. The Morgan fingerprint density at radius 1 is 1.31 bits per heavy atom. The Bertz CT molecular complexity index is 943. The Labute approximate surface area is 155 Å². The number of nitrogens with one attached hydrogen (secondary N) is 1. The lowest BCUT2D eigenvalue weighted by Gasteiger charge is -2.32. The van der Waals surface area contributed by atoms with Gasteiger partial charge in [0.25, 0.3) is 5.91 Å². The lowest BCUT2D eigenvalue weighted by Crippen LogP contribution is -2.48. The fraction of sp³-hybridized carbons (Fsp3) is 0.353. The van der Waals surface area contributed by atoms with E-state index in [1.165, 1.54) is 4.52 Å². The van der Waals surface area contributed by atoms with Crippen molar-refractivity contribution in [2.75, 3.05) is 18.0 Å². The highest BCUT2D eigenvalue weighted by atomic mass is 35.5. The molecule has 4 rings (SSSR count). The molecule has 4 heterocycles. The van der Waals surface area contributed by atoms with Crippen LogP contribution in [0.15, 0.2) is 30.9 Å². The molecule has 134 valence electrons. The minimum atomic E-state index is -0.293. The summed E-state index contributed by atoms with van der Waals surface area (Å²) in [5.41, 5.74) is 1.61. The smallest absolute Gasteiger partial charge is 0.273 e. The number of hydrogen-bond donors (Lipinski definition) is 1. The number of aromatic nitrogens is 5. The van der Waals surface area contributed by atoms with E-state index in [0.717, 1.165) is 24.9 Å². The number of carbonyl (C=O) groups is 1. The van der Waals surface area contributed by atoms with Crippen LogP contribution in [0.2, 0.25) is 5.02 Å². The maximum Gasteiger partial charge on any atom is 0.273 e. The number of hydrogen-bond acceptors (Lipinski definition) is 6. The molecule has 1 aliphatic heterocycles. The van der Waals surface area contributed by atoms with E-state index < -0.39 is 0 Å². The molecule has 0 saturated carbocycles. The van der Waals surface area contributed by atoms with E-state index in [0.29, 0.717) is 18.1 Å². The van der Waals surface area contributed by atoms with E-state index in [1.807, 2.05) is 6.92 Å². The van der Waals surface area contributed by atoms with Crippen LogP contribution in [0.5, 0.6) is 0 Å². The molecule has 1 amide bonds. The van der Waals surface area contributed by atoms with Crippen LogP contribution in [-0.4, -0.2) is 49.6 Å². The number of amides is 1. The van der Waals surface area contributed by atoms with Crippen molar-refractivity contribution >= 4 is 29.1 Å². The molecule has 3 aromatic rings. The van der Waals surface area contributed by atoms with Gasteiger partial charge in [0.2, 0.25) is 5.95 Å². The van der Waals surface area contributed by atoms with E-state index in [2.05, 4.69) is 30.3 Å². The van der Waals surface area contributed by atoms with E-state index >= 15 is 0 Å². The molecule has 1 fully saturated rings. The first-order chi connectivity index (χ1) is 12.6. The monoisotopic (exact) mass is 371 g/mol.